The van der Waals surface area contributed by atoms with Crippen molar-refractivity contribution in [2.75, 3.05) is 31.6 Å². The third-order valence-corrected chi connectivity index (χ3v) is 6.38. The number of alkyl halides is 2. The summed E-state index contributed by atoms with van der Waals surface area (Å²) in [6.07, 6.45) is 6.99. The first-order valence-electron chi connectivity index (χ1n) is 11.7. The van der Waals surface area contributed by atoms with Crippen LogP contribution in [0.25, 0.3) is 0 Å². The van der Waals surface area contributed by atoms with Gasteiger partial charge in [0.2, 0.25) is 0 Å². The van der Waals surface area contributed by atoms with E-state index in [0.29, 0.717) is 12.4 Å². The Labute approximate surface area is 191 Å². The maximum Gasteiger partial charge on any atom is 0.289 e. The Morgan fingerprint density at radius 2 is 2.03 bits per heavy atom. The smallest absolute Gasteiger partial charge is 0.289 e. The minimum atomic E-state index is -2.94. The molecule has 1 aromatic rings. The molecule has 32 heavy (non-hydrogen) atoms. The van der Waals surface area contributed by atoms with E-state index < -0.39 is 5.92 Å². The Morgan fingerprint density at radius 3 is 2.59 bits per heavy atom. The highest BCUT2D eigenvalue weighted by Gasteiger charge is 2.45. The number of nitrogens with one attached hydrogen (secondary N) is 1. The highest BCUT2D eigenvalue weighted by molar-refractivity contribution is 5.44. The predicted octanol–water partition coefficient (Wildman–Crippen LogP) is 5.01. The molecule has 0 bridgehead atoms. The number of allylic oxidation sites excluding steroid dienone is 3. The van der Waals surface area contributed by atoms with Gasteiger partial charge in [-0.2, -0.15) is 8.78 Å². The van der Waals surface area contributed by atoms with Gasteiger partial charge < -0.3 is 19.7 Å². The second-order valence-electron chi connectivity index (χ2n) is 9.99. The third kappa shape index (κ3) is 5.21. The molecule has 0 saturated carbocycles. The van der Waals surface area contributed by atoms with Crippen LogP contribution in [-0.2, 0) is 15.4 Å². The van der Waals surface area contributed by atoms with Gasteiger partial charge >= 0.3 is 0 Å². The zero-order chi connectivity index (χ0) is 22.9. The molecule has 1 aromatic heterocycles. The number of nitrogens with zero attached hydrogens (tertiary/aromatic N) is 2. The molecule has 3 aliphatic rings. The summed E-state index contributed by atoms with van der Waals surface area (Å²) in [6.45, 7) is 11.2. The molecule has 4 atom stereocenters. The highest BCUT2D eigenvalue weighted by atomic mass is 19.3. The van der Waals surface area contributed by atoms with Crippen molar-refractivity contribution in [2.24, 2.45) is 5.92 Å². The number of pyridine rings is 1. The van der Waals surface area contributed by atoms with Crippen LogP contribution < -0.4 is 5.32 Å². The Balaban J connectivity index is 0.00000306. The number of hydrogen-bond donors (Lipinski definition) is 1. The van der Waals surface area contributed by atoms with Crippen LogP contribution in [0.5, 0.6) is 0 Å². The van der Waals surface area contributed by atoms with Crippen molar-refractivity contribution in [3.05, 3.63) is 47.7 Å². The fourth-order valence-electron chi connectivity index (χ4n) is 4.49. The average Bonchev–Trinajstić information content (AvgIpc) is 2.66. The normalized spacial score (nSPS) is 28.6. The predicted molar refractivity (Wildman–Crippen MR) is 124 cm³/mol. The van der Waals surface area contributed by atoms with Crippen LogP contribution in [0.15, 0.2) is 42.0 Å². The number of ether oxygens (including phenoxy) is 2. The van der Waals surface area contributed by atoms with Crippen molar-refractivity contribution in [3.8, 4) is 0 Å². The second kappa shape index (κ2) is 9.20. The molecule has 4 rings (SSSR count). The van der Waals surface area contributed by atoms with E-state index in [1.165, 1.54) is 25.0 Å². The lowest BCUT2D eigenvalue weighted by atomic mass is 9.78. The Hall–Kier alpha value is -1.83. The maximum absolute atomic E-state index is 14.2. The number of anilines is 1. The summed E-state index contributed by atoms with van der Waals surface area (Å²) in [4.78, 5) is 6.63. The largest absolute Gasteiger partial charge is 0.372 e. The number of rotatable bonds is 8. The number of halogens is 2. The summed E-state index contributed by atoms with van der Waals surface area (Å²) < 4.78 is 41.4. The van der Waals surface area contributed by atoms with Gasteiger partial charge in [0.15, 0.2) is 0 Å². The first-order chi connectivity index (χ1) is 15.2. The lowest BCUT2D eigenvalue weighted by Crippen LogP contribution is -2.59. The summed E-state index contributed by atoms with van der Waals surface area (Å²) in [5.41, 5.74) is 0.652. The minimum absolute atomic E-state index is 0. The fourth-order valence-corrected chi connectivity index (χ4v) is 4.49. The fraction of sp³-hybridized carbons (Fsp3) is 0.640. The molecule has 7 heteroatoms. The van der Waals surface area contributed by atoms with Crippen LogP contribution >= 0.6 is 0 Å². The monoisotopic (exact) mass is 449 g/mol. The van der Waals surface area contributed by atoms with E-state index in [2.05, 4.69) is 48.1 Å². The van der Waals surface area contributed by atoms with E-state index >= 15 is 0 Å². The topological polar surface area (TPSA) is 46.6 Å². The molecule has 2 aliphatic heterocycles. The van der Waals surface area contributed by atoms with Gasteiger partial charge in [-0.25, -0.2) is 4.98 Å². The van der Waals surface area contributed by atoms with Crippen molar-refractivity contribution in [2.45, 2.75) is 70.3 Å². The zero-order valence-corrected chi connectivity index (χ0v) is 19.5. The van der Waals surface area contributed by atoms with Gasteiger partial charge in [0.05, 0.1) is 30.5 Å². The molecule has 0 unspecified atom stereocenters. The molecular formula is C25H37F2N3O2. The van der Waals surface area contributed by atoms with Crippen LogP contribution in [0.2, 0.25) is 0 Å². The van der Waals surface area contributed by atoms with Crippen molar-refractivity contribution in [1.29, 1.82) is 0 Å². The molecule has 0 amide bonds. The summed E-state index contributed by atoms with van der Waals surface area (Å²) >= 11 is 0. The molecular weight excluding hydrogens is 412 g/mol. The molecule has 1 N–H and O–H groups in total. The first-order valence-corrected chi connectivity index (χ1v) is 11.7. The van der Waals surface area contributed by atoms with Crippen molar-refractivity contribution >= 4 is 5.82 Å². The van der Waals surface area contributed by atoms with E-state index in [1.54, 1.807) is 12.1 Å². The van der Waals surface area contributed by atoms with Gasteiger partial charge in [-0.3, -0.25) is 0 Å². The number of hydrogen-bond acceptors (Lipinski definition) is 5. The summed E-state index contributed by atoms with van der Waals surface area (Å²) in [7, 11) is 0. The van der Waals surface area contributed by atoms with Crippen LogP contribution in [0.3, 0.4) is 0 Å². The SMILES string of the molecule is CCC(F)(F)c1cccc(N[C@H]2CO[C@H](CN3CCC3)[C@H](OC(C)(C)C)[C@@H]2C2=CC=C2)n1.[HH]. The molecule has 0 aromatic carbocycles. The van der Waals surface area contributed by atoms with Crippen LogP contribution in [0, 0.1) is 5.92 Å². The van der Waals surface area contributed by atoms with Gasteiger partial charge in [0.1, 0.15) is 11.5 Å². The lowest BCUT2D eigenvalue weighted by molar-refractivity contribution is -0.180. The van der Waals surface area contributed by atoms with E-state index in [0.717, 1.165) is 19.6 Å². The second-order valence-corrected chi connectivity index (χ2v) is 9.99. The highest BCUT2D eigenvalue weighted by Crippen LogP contribution is 2.38. The zero-order valence-electron chi connectivity index (χ0n) is 19.5. The molecule has 2 saturated heterocycles. The van der Waals surface area contributed by atoms with Crippen LogP contribution in [0.4, 0.5) is 14.6 Å². The van der Waals surface area contributed by atoms with Crippen LogP contribution in [-0.4, -0.2) is 60.0 Å². The van der Waals surface area contributed by atoms with Gasteiger partial charge in [-0.15, -0.1) is 0 Å². The molecule has 3 heterocycles. The average molecular weight is 450 g/mol. The van der Waals surface area contributed by atoms with Gasteiger partial charge in [0, 0.05) is 20.3 Å². The lowest BCUT2D eigenvalue weighted by Gasteiger charge is -2.48. The first kappa shape index (κ1) is 23.3. The molecule has 1 aliphatic carbocycles. The van der Waals surface area contributed by atoms with Crippen LogP contribution in [0.1, 0.15) is 47.7 Å². The number of aromatic nitrogens is 1. The Bertz CT molecular complexity index is 867. The van der Waals surface area contributed by atoms with Gasteiger partial charge in [-0.05, 0) is 58.0 Å². The molecule has 0 spiro atoms. The van der Waals surface area contributed by atoms with E-state index in [9.17, 15) is 8.78 Å². The van der Waals surface area contributed by atoms with E-state index in [1.807, 2.05) is 6.08 Å². The Morgan fingerprint density at radius 1 is 1.28 bits per heavy atom. The molecule has 5 nitrogen and oxygen atoms in total. The summed E-state index contributed by atoms with van der Waals surface area (Å²) in [5, 5.41) is 3.40. The molecule has 0 radical (unpaired) electrons. The minimum Gasteiger partial charge on any atom is -0.372 e. The van der Waals surface area contributed by atoms with Crippen molar-refractivity contribution in [1.82, 2.24) is 9.88 Å². The van der Waals surface area contributed by atoms with E-state index in [4.69, 9.17) is 9.47 Å². The third-order valence-electron chi connectivity index (χ3n) is 6.38. The molecule has 2 fully saturated rings. The number of likely N-dealkylation sites (tertiary alicyclic amines) is 1. The standard InChI is InChI=1S/C25H35F2N3O2.H2/c1-5-25(26,27)20-11-7-12-21(29-20)28-18-16-31-19(15-30-13-8-14-30)23(32-24(2,3)4)22(18)17-9-6-10-17;/h6-7,9-12,18-19,22-23H,5,8,13-16H2,1-4H3,(H,28,29);1H/t18-,19+,22+,23-;/m0./s1. The van der Waals surface area contributed by atoms with E-state index in [-0.39, 0.29) is 43.3 Å². The van der Waals surface area contributed by atoms with Gasteiger partial charge in [-0.1, -0.05) is 31.2 Å². The summed E-state index contributed by atoms with van der Waals surface area (Å²) in [5.74, 6) is -2.47. The maximum atomic E-state index is 14.2. The summed E-state index contributed by atoms with van der Waals surface area (Å²) in [6, 6.07) is 4.62. The quantitative estimate of drug-likeness (QED) is 0.605. The molecule has 178 valence electrons. The van der Waals surface area contributed by atoms with Crippen molar-refractivity contribution in [3.63, 3.8) is 0 Å². The Kier molecular flexibility index (Phi) is 6.71. The van der Waals surface area contributed by atoms with Crippen molar-refractivity contribution < 1.29 is 19.7 Å². The van der Waals surface area contributed by atoms with Gasteiger partial charge in [0.25, 0.3) is 5.92 Å².